The summed E-state index contributed by atoms with van der Waals surface area (Å²) in [4.78, 5) is 33.4. The third-order valence-electron chi connectivity index (χ3n) is 6.81. The first-order valence-electron chi connectivity index (χ1n) is 13.0. The molecule has 0 bridgehead atoms. The number of likely N-dealkylation sites (N-methyl/N-ethyl adjacent to an activating group) is 1. The summed E-state index contributed by atoms with van der Waals surface area (Å²) >= 11 is 2.16. The maximum absolute atomic E-state index is 13.1. The van der Waals surface area contributed by atoms with Gasteiger partial charge >= 0.3 is 0 Å². The molecule has 0 radical (unpaired) electrons. The minimum Gasteiger partial charge on any atom is -0.457 e. The van der Waals surface area contributed by atoms with E-state index in [1.54, 1.807) is 23.0 Å². The molecule has 0 saturated heterocycles. The van der Waals surface area contributed by atoms with Crippen LogP contribution in [0.4, 0.5) is 11.5 Å². The zero-order chi connectivity index (χ0) is 28.5. The fourth-order valence-electron chi connectivity index (χ4n) is 4.96. The van der Waals surface area contributed by atoms with E-state index in [1.165, 1.54) is 6.08 Å². The first-order valence-corrected chi connectivity index (χ1v) is 13.9. The van der Waals surface area contributed by atoms with Gasteiger partial charge in [0.1, 0.15) is 28.2 Å². The number of nitrogen functional groups attached to an aromatic ring is 1. The van der Waals surface area contributed by atoms with Crippen LogP contribution in [0.3, 0.4) is 0 Å². The summed E-state index contributed by atoms with van der Waals surface area (Å²) in [6.45, 7) is 0.647. The van der Waals surface area contributed by atoms with Crippen molar-refractivity contribution in [1.29, 1.82) is 0 Å². The maximum atomic E-state index is 13.1. The van der Waals surface area contributed by atoms with Crippen molar-refractivity contribution in [2.24, 2.45) is 0 Å². The molecular formula is C30H26IN7O3. The Kier molecular flexibility index (Phi) is 7.28. The van der Waals surface area contributed by atoms with Crippen LogP contribution in [0, 0.1) is 0 Å². The number of hydrogen-bond acceptors (Lipinski definition) is 7. The lowest BCUT2D eigenvalue weighted by atomic mass is 9.90. The van der Waals surface area contributed by atoms with Gasteiger partial charge in [-0.1, -0.05) is 24.3 Å². The molecule has 11 heteroatoms. The number of amides is 1. The van der Waals surface area contributed by atoms with Crippen LogP contribution in [0.25, 0.3) is 27.8 Å². The number of rotatable bonds is 7. The van der Waals surface area contributed by atoms with Crippen LogP contribution in [0.5, 0.6) is 11.5 Å². The molecule has 41 heavy (non-hydrogen) atoms. The highest BCUT2D eigenvalue weighted by Gasteiger charge is 2.27. The number of fused-ring (bicyclic) bond motifs is 5. The fourth-order valence-corrected chi connectivity index (χ4v) is 5.19. The number of H-pyrrole nitrogens is 1. The Balaban J connectivity index is 1.38. The second kappa shape index (κ2) is 11.2. The normalized spacial score (nSPS) is 12.5. The minimum absolute atomic E-state index is 0.220. The van der Waals surface area contributed by atoms with Crippen molar-refractivity contribution in [2.75, 3.05) is 24.6 Å². The topological polar surface area (TPSA) is 131 Å². The Hall–Kier alpha value is -4.49. The molecule has 6 rings (SSSR count). The van der Waals surface area contributed by atoms with E-state index >= 15 is 0 Å². The first kappa shape index (κ1) is 26.7. The monoisotopic (exact) mass is 659 g/mol. The lowest BCUT2D eigenvalue weighted by Gasteiger charge is -2.21. The molecule has 5 aromatic rings. The van der Waals surface area contributed by atoms with Crippen LogP contribution in [-0.4, -0.2) is 42.4 Å². The van der Waals surface area contributed by atoms with Crippen LogP contribution in [0.2, 0.25) is 0 Å². The zero-order valence-electron chi connectivity index (χ0n) is 22.1. The van der Waals surface area contributed by atoms with Gasteiger partial charge in [0, 0.05) is 64.2 Å². The maximum Gasteiger partial charge on any atom is 0.261 e. The summed E-state index contributed by atoms with van der Waals surface area (Å²) < 4.78 is 9.40. The van der Waals surface area contributed by atoms with Gasteiger partial charge < -0.3 is 20.8 Å². The molecule has 0 saturated carbocycles. The molecule has 1 aliphatic rings. The van der Waals surface area contributed by atoms with Gasteiger partial charge in [0.25, 0.3) is 5.56 Å². The van der Waals surface area contributed by atoms with Gasteiger partial charge in [0.05, 0.1) is 11.4 Å². The Bertz CT molecular complexity index is 1840. The smallest absolute Gasteiger partial charge is 0.261 e. The van der Waals surface area contributed by atoms with Gasteiger partial charge in [-0.15, -0.1) is 0 Å². The second-order valence-electron chi connectivity index (χ2n) is 9.60. The Morgan fingerprint density at radius 1 is 1.15 bits per heavy atom. The van der Waals surface area contributed by atoms with Crippen molar-refractivity contribution in [1.82, 2.24) is 22.9 Å². The van der Waals surface area contributed by atoms with Gasteiger partial charge in [0.15, 0.2) is 0 Å². The number of pyridine rings is 2. The number of nitrogens with two attached hydrogens (primary N) is 1. The highest BCUT2D eigenvalue weighted by atomic mass is 127. The van der Waals surface area contributed by atoms with Gasteiger partial charge in [-0.3, -0.25) is 14.6 Å². The third kappa shape index (κ3) is 5.33. The highest BCUT2D eigenvalue weighted by molar-refractivity contribution is 14.1. The number of ether oxygens (including phenoxy) is 1. The third-order valence-corrected chi connectivity index (χ3v) is 7.21. The van der Waals surface area contributed by atoms with Gasteiger partial charge in [-0.25, -0.2) is 7.80 Å². The summed E-state index contributed by atoms with van der Waals surface area (Å²) in [5, 5.41) is 8.08. The van der Waals surface area contributed by atoms with Crippen LogP contribution in [0.15, 0.2) is 83.8 Å². The molecule has 0 unspecified atom stereocenters. The van der Waals surface area contributed by atoms with E-state index in [-0.39, 0.29) is 17.3 Å². The average Bonchev–Trinajstić information content (AvgIpc) is 3.31. The molecule has 0 aliphatic heterocycles. The predicted molar refractivity (Wildman–Crippen MR) is 168 cm³/mol. The van der Waals surface area contributed by atoms with E-state index in [4.69, 9.17) is 15.6 Å². The molecule has 0 fully saturated rings. The molecule has 10 nitrogen and oxygen atoms in total. The number of anilines is 2. The summed E-state index contributed by atoms with van der Waals surface area (Å²) in [6, 6.07) is 18.6. The van der Waals surface area contributed by atoms with Crippen molar-refractivity contribution in [3.63, 3.8) is 0 Å². The van der Waals surface area contributed by atoms with E-state index in [0.717, 1.165) is 17.0 Å². The lowest BCUT2D eigenvalue weighted by Crippen LogP contribution is -2.18. The molecule has 0 spiro atoms. The van der Waals surface area contributed by atoms with Crippen molar-refractivity contribution in [3.05, 3.63) is 101 Å². The molecule has 4 N–H and O–H groups in total. The zero-order valence-corrected chi connectivity index (χ0v) is 24.3. The number of benzene rings is 2. The van der Waals surface area contributed by atoms with Crippen molar-refractivity contribution in [3.8, 4) is 28.4 Å². The summed E-state index contributed by atoms with van der Waals surface area (Å²) in [7, 11) is 1.92. The number of halogens is 1. The quantitative estimate of drug-likeness (QED) is 0.127. The Labute approximate surface area is 249 Å². The van der Waals surface area contributed by atoms with Crippen LogP contribution in [-0.2, 0) is 17.6 Å². The lowest BCUT2D eigenvalue weighted by molar-refractivity contribution is -0.111. The number of carbonyl (C=O) groups is 1. The van der Waals surface area contributed by atoms with Gasteiger partial charge in [-0.05, 0) is 62.4 Å². The number of aromatic nitrogens is 4. The van der Waals surface area contributed by atoms with Gasteiger partial charge in [0.2, 0.25) is 5.91 Å². The fraction of sp³-hybridized carbons (Fsp3) is 0.133. The number of nitrogens with zero attached hydrogens (tertiary/aromatic N) is 4. The molecule has 0 atom stereocenters. The predicted octanol–water partition coefficient (Wildman–Crippen LogP) is 5.03. The summed E-state index contributed by atoms with van der Waals surface area (Å²) in [6.07, 6.45) is 6.14. The molecular weight excluding hydrogens is 633 g/mol. The minimum atomic E-state index is -0.301. The van der Waals surface area contributed by atoms with Crippen LogP contribution in [0.1, 0.15) is 11.3 Å². The number of nitrogens with one attached hydrogen (secondary N) is 2. The molecule has 1 amide bonds. The summed E-state index contributed by atoms with van der Waals surface area (Å²) in [5.74, 6) is 1.40. The van der Waals surface area contributed by atoms with Crippen LogP contribution >= 0.6 is 22.9 Å². The SMILES string of the molecule is CN(I)C/C=C/C(=O)Nc1ccnc2c1CCc1[nH]c(=O)c3c(N)n(-c4ccc(Oc5ccccc5)cc4)nc3c1-2. The standard InChI is InChI=1S/C30H26IN7O3/c1-37(31)17-5-8-24(39)34-22-15-16-33-27-21(22)13-14-23-25(27)28-26(30(40)35-23)29(32)38(36-28)18-9-11-20(12-10-18)41-19-6-3-2-4-7-19/h2-12,15-16H,13-14,17,32H2,1H3,(H,35,40)(H,33,34,39)/b8-5+. The Morgan fingerprint density at radius 3 is 2.66 bits per heavy atom. The molecule has 2 aromatic carbocycles. The van der Waals surface area contributed by atoms with E-state index < -0.39 is 0 Å². The highest BCUT2D eigenvalue weighted by Crippen LogP contribution is 2.39. The molecule has 206 valence electrons. The van der Waals surface area contributed by atoms with Crippen molar-refractivity contribution >= 4 is 51.2 Å². The average molecular weight is 659 g/mol. The second-order valence-corrected chi connectivity index (χ2v) is 11.2. The van der Waals surface area contributed by atoms with E-state index in [9.17, 15) is 9.59 Å². The Morgan fingerprint density at radius 2 is 1.90 bits per heavy atom. The number of aryl methyl sites for hydroxylation is 1. The van der Waals surface area contributed by atoms with Gasteiger partial charge in [-0.2, -0.15) is 5.10 Å². The summed E-state index contributed by atoms with van der Waals surface area (Å²) in [5.41, 5.74) is 11.0. The molecule has 3 heterocycles. The van der Waals surface area contributed by atoms with Crippen molar-refractivity contribution < 1.29 is 9.53 Å². The molecule has 3 aromatic heterocycles. The largest absolute Gasteiger partial charge is 0.457 e. The van der Waals surface area contributed by atoms with Crippen molar-refractivity contribution in [2.45, 2.75) is 12.8 Å². The molecule has 1 aliphatic carbocycles. The number of hydrogen-bond donors (Lipinski definition) is 3. The van der Waals surface area contributed by atoms with E-state index in [1.807, 2.05) is 64.8 Å². The van der Waals surface area contributed by atoms with E-state index in [0.29, 0.717) is 58.7 Å². The first-order chi connectivity index (χ1) is 19.9. The number of carbonyl (C=O) groups excluding carboxylic acids is 1. The van der Waals surface area contributed by atoms with Crippen LogP contribution < -0.4 is 21.3 Å². The number of para-hydroxylation sites is 1. The number of aromatic amines is 1. The van der Waals surface area contributed by atoms with E-state index in [2.05, 4.69) is 38.1 Å².